The Bertz CT molecular complexity index is 64.7. The fraction of sp³-hybridized carbons (Fsp3) is 0.833. The summed E-state index contributed by atoms with van der Waals surface area (Å²) in [5.74, 6) is 0. The molecule has 7 heavy (non-hydrogen) atoms. The lowest BCUT2D eigenvalue weighted by Crippen LogP contribution is -2.58. The van der Waals surface area contributed by atoms with Gasteiger partial charge < -0.3 is 5.32 Å². The molecule has 39 valence electrons. The molecule has 0 atom stereocenters. The van der Waals surface area contributed by atoms with Crippen molar-refractivity contribution in [2.45, 2.75) is 31.2 Å². The summed E-state index contributed by atoms with van der Waals surface area (Å²) in [5.41, 5.74) is 0.639. The van der Waals surface area contributed by atoms with Crippen LogP contribution in [0.4, 0.5) is 0 Å². The molecule has 0 amide bonds. The van der Waals surface area contributed by atoms with E-state index in [9.17, 15) is 0 Å². The van der Waals surface area contributed by atoms with Crippen molar-refractivity contribution in [1.29, 1.82) is 0 Å². The molecule has 1 aliphatic heterocycles. The van der Waals surface area contributed by atoms with Crippen molar-refractivity contribution >= 4 is 0 Å². The van der Waals surface area contributed by atoms with Crippen LogP contribution < -0.4 is 5.32 Å². The zero-order valence-corrected chi connectivity index (χ0v) is 4.41. The maximum Gasteiger partial charge on any atom is 0.0244 e. The van der Waals surface area contributed by atoms with Gasteiger partial charge in [-0.15, -0.1) is 0 Å². The normalized spacial score (nSPS) is 34.3. The number of nitrogens with one attached hydrogen (secondary N) is 1. The van der Waals surface area contributed by atoms with E-state index in [0.717, 1.165) is 0 Å². The van der Waals surface area contributed by atoms with Gasteiger partial charge in [0.1, 0.15) is 0 Å². The fourth-order valence-electron chi connectivity index (χ4n) is 1.34. The van der Waals surface area contributed by atoms with Gasteiger partial charge in [0.25, 0.3) is 0 Å². The highest BCUT2D eigenvalue weighted by molar-refractivity contribution is 5.08. The maximum absolute atomic E-state index is 3.33. The molecule has 2 aliphatic rings. The van der Waals surface area contributed by atoms with Gasteiger partial charge in [0, 0.05) is 12.1 Å². The summed E-state index contributed by atoms with van der Waals surface area (Å²) in [7, 11) is 0. The lowest BCUT2D eigenvalue weighted by atomic mass is 9.70. The SMILES string of the molecule is [CH]1CC2(CCC2)N1. The van der Waals surface area contributed by atoms with Gasteiger partial charge in [-0.05, 0) is 25.7 Å². The third-order valence-corrected chi connectivity index (χ3v) is 2.21. The van der Waals surface area contributed by atoms with Crippen molar-refractivity contribution < 1.29 is 0 Å². The number of hydrogen-bond acceptors (Lipinski definition) is 1. The molecule has 1 heteroatoms. The van der Waals surface area contributed by atoms with Crippen molar-refractivity contribution in [1.82, 2.24) is 5.32 Å². The molecule has 0 aromatic rings. The summed E-state index contributed by atoms with van der Waals surface area (Å²) >= 11 is 0. The second-order valence-electron chi connectivity index (χ2n) is 2.69. The van der Waals surface area contributed by atoms with Crippen LogP contribution in [0.15, 0.2) is 0 Å². The molecule has 1 N–H and O–H groups in total. The Labute approximate surface area is 44.1 Å². The van der Waals surface area contributed by atoms with Crippen LogP contribution in [0.1, 0.15) is 25.7 Å². The lowest BCUT2D eigenvalue weighted by Gasteiger charge is -2.50. The summed E-state index contributed by atoms with van der Waals surface area (Å²) in [6, 6.07) is 0. The first-order chi connectivity index (χ1) is 3.41. The molecular formula is C6H10N. The van der Waals surface area contributed by atoms with E-state index >= 15 is 0 Å². The molecule has 1 radical (unpaired) electrons. The smallest absolute Gasteiger partial charge is 0.0244 e. The minimum Gasteiger partial charge on any atom is -0.307 e. The second-order valence-corrected chi connectivity index (χ2v) is 2.69. The third kappa shape index (κ3) is 0.367. The molecule has 2 rings (SSSR count). The molecule has 1 heterocycles. The Morgan fingerprint density at radius 3 is 2.14 bits per heavy atom. The van der Waals surface area contributed by atoms with Gasteiger partial charge in [0.05, 0.1) is 0 Å². The highest BCUT2D eigenvalue weighted by Gasteiger charge is 2.41. The fourth-order valence-corrected chi connectivity index (χ4v) is 1.34. The quantitative estimate of drug-likeness (QED) is 0.475. The van der Waals surface area contributed by atoms with E-state index in [1.54, 1.807) is 0 Å². The molecular weight excluding hydrogens is 86.1 g/mol. The van der Waals surface area contributed by atoms with Gasteiger partial charge in [-0.3, -0.25) is 0 Å². The van der Waals surface area contributed by atoms with Crippen molar-refractivity contribution in [3.8, 4) is 0 Å². The average Bonchev–Trinajstić information content (AvgIpc) is 1.20. The van der Waals surface area contributed by atoms with Crippen molar-refractivity contribution in [2.24, 2.45) is 0 Å². The second kappa shape index (κ2) is 1.03. The predicted molar refractivity (Wildman–Crippen MR) is 28.6 cm³/mol. The van der Waals surface area contributed by atoms with E-state index in [-0.39, 0.29) is 0 Å². The molecule has 1 saturated heterocycles. The van der Waals surface area contributed by atoms with Crippen molar-refractivity contribution in [3.05, 3.63) is 6.54 Å². The van der Waals surface area contributed by atoms with Gasteiger partial charge >= 0.3 is 0 Å². The highest BCUT2D eigenvalue weighted by atomic mass is 15.1. The van der Waals surface area contributed by atoms with Crippen LogP contribution in [0.5, 0.6) is 0 Å². The molecule has 1 nitrogen and oxygen atoms in total. The molecule has 0 aromatic carbocycles. The van der Waals surface area contributed by atoms with Crippen LogP contribution in [-0.2, 0) is 0 Å². The first-order valence-corrected chi connectivity index (χ1v) is 3.01. The van der Waals surface area contributed by atoms with Gasteiger partial charge in [-0.25, -0.2) is 0 Å². The van der Waals surface area contributed by atoms with Crippen LogP contribution in [0.3, 0.4) is 0 Å². The van der Waals surface area contributed by atoms with E-state index < -0.39 is 0 Å². The van der Waals surface area contributed by atoms with E-state index in [4.69, 9.17) is 0 Å². The van der Waals surface area contributed by atoms with Crippen LogP contribution in [0.25, 0.3) is 0 Å². The Balaban J connectivity index is 2.00. The minimum atomic E-state index is 0.639. The average molecular weight is 96.2 g/mol. The molecule has 1 saturated carbocycles. The maximum atomic E-state index is 3.33. The van der Waals surface area contributed by atoms with E-state index in [2.05, 4.69) is 11.9 Å². The summed E-state index contributed by atoms with van der Waals surface area (Å²) in [5, 5.41) is 3.33. The highest BCUT2D eigenvalue weighted by Crippen LogP contribution is 2.40. The van der Waals surface area contributed by atoms with Crippen LogP contribution >= 0.6 is 0 Å². The van der Waals surface area contributed by atoms with Gasteiger partial charge in [-0.1, -0.05) is 0 Å². The van der Waals surface area contributed by atoms with Crippen molar-refractivity contribution in [2.75, 3.05) is 0 Å². The Hall–Kier alpha value is -0.0400. The zero-order chi connectivity index (χ0) is 4.74. The largest absolute Gasteiger partial charge is 0.307 e. The standard InChI is InChI=1S/C6H10N/c1-2-6(3-1)4-5-7-6/h5,7H,1-4H2. The molecule has 1 aliphatic carbocycles. The molecule has 0 bridgehead atoms. The number of rotatable bonds is 0. The topological polar surface area (TPSA) is 12.0 Å². The number of hydrogen-bond donors (Lipinski definition) is 1. The molecule has 2 fully saturated rings. The predicted octanol–water partition coefficient (Wildman–Crippen LogP) is 1.06. The van der Waals surface area contributed by atoms with E-state index in [1.807, 2.05) is 0 Å². The monoisotopic (exact) mass is 96.1 g/mol. The zero-order valence-electron chi connectivity index (χ0n) is 4.41. The summed E-state index contributed by atoms with van der Waals surface area (Å²) in [6.07, 6.45) is 5.61. The lowest BCUT2D eigenvalue weighted by molar-refractivity contribution is 0.134. The Morgan fingerprint density at radius 2 is 2.14 bits per heavy atom. The minimum absolute atomic E-state index is 0.639. The van der Waals surface area contributed by atoms with Crippen LogP contribution in [0, 0.1) is 6.54 Å². The summed E-state index contributed by atoms with van der Waals surface area (Å²) in [6.45, 7) is 2.17. The molecule has 0 aromatic heterocycles. The van der Waals surface area contributed by atoms with Gasteiger partial charge in [0.15, 0.2) is 0 Å². The first-order valence-electron chi connectivity index (χ1n) is 3.01. The first kappa shape index (κ1) is 3.90. The van der Waals surface area contributed by atoms with Gasteiger partial charge in [0.2, 0.25) is 0 Å². The summed E-state index contributed by atoms with van der Waals surface area (Å²) < 4.78 is 0. The molecule has 0 unspecified atom stereocenters. The van der Waals surface area contributed by atoms with Crippen LogP contribution in [-0.4, -0.2) is 5.54 Å². The van der Waals surface area contributed by atoms with E-state index in [0.29, 0.717) is 5.54 Å². The van der Waals surface area contributed by atoms with E-state index in [1.165, 1.54) is 25.7 Å². The van der Waals surface area contributed by atoms with Crippen molar-refractivity contribution in [3.63, 3.8) is 0 Å². The Morgan fingerprint density at radius 1 is 1.43 bits per heavy atom. The van der Waals surface area contributed by atoms with Crippen LogP contribution in [0.2, 0.25) is 0 Å². The Kier molecular flexibility index (Phi) is 0.571. The third-order valence-electron chi connectivity index (χ3n) is 2.21. The summed E-state index contributed by atoms with van der Waals surface area (Å²) in [4.78, 5) is 0. The molecule has 1 spiro atoms. The van der Waals surface area contributed by atoms with Gasteiger partial charge in [-0.2, -0.15) is 0 Å².